The predicted molar refractivity (Wildman–Crippen MR) is 72.7 cm³/mol. The molecule has 106 valence electrons. The molecule has 1 N–H and O–H groups in total. The lowest BCUT2D eigenvalue weighted by atomic mass is 10.1. The summed E-state index contributed by atoms with van der Waals surface area (Å²) in [5.41, 5.74) is 0.431. The number of carbonyl (C=O) groups excluding carboxylic acids is 3. The van der Waals surface area contributed by atoms with Gasteiger partial charge >= 0.3 is 6.09 Å². The van der Waals surface area contributed by atoms with E-state index in [-0.39, 0.29) is 17.4 Å². The van der Waals surface area contributed by atoms with E-state index in [1.165, 1.54) is 19.2 Å². The molecule has 0 bridgehead atoms. The van der Waals surface area contributed by atoms with Crippen LogP contribution < -0.4 is 5.32 Å². The van der Waals surface area contributed by atoms with Crippen LogP contribution in [0.4, 0.5) is 10.5 Å². The fourth-order valence-corrected chi connectivity index (χ4v) is 1.86. The van der Waals surface area contributed by atoms with Crippen LogP contribution in [0.1, 0.15) is 41.5 Å². The van der Waals surface area contributed by atoms with Crippen molar-refractivity contribution in [2.75, 3.05) is 12.4 Å². The van der Waals surface area contributed by atoms with E-state index in [9.17, 15) is 14.4 Å². The Hall–Kier alpha value is -2.37. The van der Waals surface area contributed by atoms with Crippen LogP contribution in [0.25, 0.3) is 0 Å². The summed E-state index contributed by atoms with van der Waals surface area (Å²) in [5.74, 6) is -0.716. The first-order chi connectivity index (χ1) is 9.19. The minimum absolute atomic E-state index is 0.283. The standard InChI is InChI=1S/C14H16N2O4/c1-14(2,3)20-13(19)15-8-5-6-9-10(7-8)12(18)16(4)11(9)17/h5-7H,1-4H3,(H,15,19). The van der Waals surface area contributed by atoms with Crippen LogP contribution in [0.15, 0.2) is 18.2 Å². The monoisotopic (exact) mass is 276 g/mol. The van der Waals surface area contributed by atoms with Gasteiger partial charge in [-0.1, -0.05) is 0 Å². The normalized spacial score (nSPS) is 14.3. The van der Waals surface area contributed by atoms with Crippen molar-refractivity contribution in [3.8, 4) is 0 Å². The summed E-state index contributed by atoms with van der Waals surface area (Å²) in [7, 11) is 1.42. The summed E-state index contributed by atoms with van der Waals surface area (Å²) in [6.45, 7) is 5.27. The number of ether oxygens (including phenoxy) is 1. The Balaban J connectivity index is 2.20. The summed E-state index contributed by atoms with van der Waals surface area (Å²) >= 11 is 0. The number of imide groups is 1. The molecule has 1 heterocycles. The minimum Gasteiger partial charge on any atom is -0.444 e. The highest BCUT2D eigenvalue weighted by Crippen LogP contribution is 2.25. The molecule has 1 aliphatic heterocycles. The van der Waals surface area contributed by atoms with Gasteiger partial charge in [0.2, 0.25) is 0 Å². The molecule has 20 heavy (non-hydrogen) atoms. The van der Waals surface area contributed by atoms with Crippen LogP contribution in [-0.4, -0.2) is 35.5 Å². The Morgan fingerprint density at radius 3 is 2.35 bits per heavy atom. The Labute approximate surface area is 116 Å². The molecular formula is C14H16N2O4. The molecule has 3 amide bonds. The van der Waals surface area contributed by atoms with Crippen molar-refractivity contribution in [3.63, 3.8) is 0 Å². The van der Waals surface area contributed by atoms with E-state index in [1.807, 2.05) is 0 Å². The van der Waals surface area contributed by atoms with Gasteiger partial charge in [0.15, 0.2) is 0 Å². The quantitative estimate of drug-likeness (QED) is 0.798. The van der Waals surface area contributed by atoms with Gasteiger partial charge in [-0.15, -0.1) is 0 Å². The number of hydrogen-bond donors (Lipinski definition) is 1. The first kappa shape index (κ1) is 14.0. The number of rotatable bonds is 1. The lowest BCUT2D eigenvalue weighted by molar-refractivity contribution is 0.0632. The van der Waals surface area contributed by atoms with Crippen molar-refractivity contribution in [3.05, 3.63) is 29.3 Å². The molecule has 2 rings (SSSR count). The van der Waals surface area contributed by atoms with E-state index in [2.05, 4.69) is 5.32 Å². The number of fused-ring (bicyclic) bond motifs is 1. The summed E-state index contributed by atoms with van der Waals surface area (Å²) < 4.78 is 5.12. The van der Waals surface area contributed by atoms with Gasteiger partial charge in [-0.25, -0.2) is 4.79 Å². The molecule has 0 unspecified atom stereocenters. The van der Waals surface area contributed by atoms with E-state index in [1.54, 1.807) is 26.8 Å². The SMILES string of the molecule is CN1C(=O)c2ccc(NC(=O)OC(C)(C)C)cc2C1=O. The largest absolute Gasteiger partial charge is 0.444 e. The lowest BCUT2D eigenvalue weighted by Gasteiger charge is -2.19. The molecule has 0 saturated carbocycles. The lowest BCUT2D eigenvalue weighted by Crippen LogP contribution is -2.27. The number of anilines is 1. The smallest absolute Gasteiger partial charge is 0.412 e. The first-order valence-electron chi connectivity index (χ1n) is 6.15. The van der Waals surface area contributed by atoms with Crippen LogP contribution >= 0.6 is 0 Å². The van der Waals surface area contributed by atoms with Gasteiger partial charge in [0.25, 0.3) is 11.8 Å². The number of nitrogens with zero attached hydrogens (tertiary/aromatic N) is 1. The van der Waals surface area contributed by atoms with Gasteiger partial charge in [-0.05, 0) is 39.0 Å². The number of carbonyl (C=O) groups is 3. The van der Waals surface area contributed by atoms with Crippen molar-refractivity contribution in [2.45, 2.75) is 26.4 Å². The van der Waals surface area contributed by atoms with Crippen molar-refractivity contribution in [1.29, 1.82) is 0 Å². The second kappa shape index (κ2) is 4.63. The maximum Gasteiger partial charge on any atom is 0.412 e. The highest BCUT2D eigenvalue weighted by atomic mass is 16.6. The van der Waals surface area contributed by atoms with Gasteiger partial charge in [-0.2, -0.15) is 0 Å². The Morgan fingerprint density at radius 1 is 1.15 bits per heavy atom. The van der Waals surface area contributed by atoms with Crippen molar-refractivity contribution >= 4 is 23.6 Å². The van der Waals surface area contributed by atoms with Crippen LogP contribution in [0, 0.1) is 0 Å². The topological polar surface area (TPSA) is 75.7 Å². The molecule has 0 fully saturated rings. The number of amides is 3. The van der Waals surface area contributed by atoms with Crippen molar-refractivity contribution < 1.29 is 19.1 Å². The summed E-state index contributed by atoms with van der Waals surface area (Å²) in [4.78, 5) is 36.2. The number of hydrogen-bond acceptors (Lipinski definition) is 4. The van der Waals surface area contributed by atoms with Crippen LogP contribution in [0.3, 0.4) is 0 Å². The fourth-order valence-electron chi connectivity index (χ4n) is 1.86. The van der Waals surface area contributed by atoms with Gasteiger partial charge in [0.1, 0.15) is 5.60 Å². The predicted octanol–water partition coefficient (Wildman–Crippen LogP) is 2.26. The molecular weight excluding hydrogens is 260 g/mol. The van der Waals surface area contributed by atoms with E-state index in [0.29, 0.717) is 11.3 Å². The zero-order valence-electron chi connectivity index (χ0n) is 11.8. The second-order valence-corrected chi connectivity index (χ2v) is 5.56. The maximum absolute atomic E-state index is 11.8. The molecule has 1 aliphatic rings. The Kier molecular flexibility index (Phi) is 3.25. The van der Waals surface area contributed by atoms with E-state index < -0.39 is 11.7 Å². The Morgan fingerprint density at radius 2 is 1.75 bits per heavy atom. The van der Waals surface area contributed by atoms with Gasteiger partial charge in [0.05, 0.1) is 11.1 Å². The zero-order chi connectivity index (χ0) is 15.1. The van der Waals surface area contributed by atoms with Crippen LogP contribution in [0.2, 0.25) is 0 Å². The third-order valence-electron chi connectivity index (χ3n) is 2.73. The summed E-state index contributed by atoms with van der Waals surface area (Å²) in [5, 5.41) is 2.54. The third-order valence-corrected chi connectivity index (χ3v) is 2.73. The zero-order valence-corrected chi connectivity index (χ0v) is 11.8. The van der Waals surface area contributed by atoms with Gasteiger partial charge in [-0.3, -0.25) is 19.8 Å². The highest BCUT2D eigenvalue weighted by molar-refractivity contribution is 6.21. The molecule has 6 heteroatoms. The average molecular weight is 276 g/mol. The third kappa shape index (κ3) is 2.64. The van der Waals surface area contributed by atoms with Crippen molar-refractivity contribution in [2.24, 2.45) is 0 Å². The number of nitrogens with one attached hydrogen (secondary N) is 1. The van der Waals surface area contributed by atoms with Gasteiger partial charge in [0, 0.05) is 12.7 Å². The molecule has 0 spiro atoms. The van der Waals surface area contributed by atoms with Crippen LogP contribution in [0.5, 0.6) is 0 Å². The molecule has 0 radical (unpaired) electrons. The summed E-state index contributed by atoms with van der Waals surface area (Å²) in [6.07, 6.45) is -0.609. The minimum atomic E-state index is -0.609. The van der Waals surface area contributed by atoms with E-state index in [4.69, 9.17) is 4.74 Å². The van der Waals surface area contributed by atoms with E-state index in [0.717, 1.165) is 4.90 Å². The second-order valence-electron chi connectivity index (χ2n) is 5.56. The van der Waals surface area contributed by atoms with Crippen LogP contribution in [-0.2, 0) is 4.74 Å². The maximum atomic E-state index is 11.8. The van der Waals surface area contributed by atoms with Crippen molar-refractivity contribution in [1.82, 2.24) is 4.90 Å². The van der Waals surface area contributed by atoms with Gasteiger partial charge < -0.3 is 4.74 Å². The fraction of sp³-hybridized carbons (Fsp3) is 0.357. The highest BCUT2D eigenvalue weighted by Gasteiger charge is 2.32. The molecule has 6 nitrogen and oxygen atoms in total. The molecule has 0 atom stereocenters. The molecule has 0 aromatic heterocycles. The molecule has 1 aromatic rings. The summed E-state index contributed by atoms with van der Waals surface area (Å²) in [6, 6.07) is 4.56. The first-order valence-corrected chi connectivity index (χ1v) is 6.15. The number of benzene rings is 1. The Bertz CT molecular complexity index is 602. The molecule has 0 saturated heterocycles. The molecule has 0 aliphatic carbocycles. The average Bonchev–Trinajstić information content (AvgIpc) is 2.52. The molecule has 1 aromatic carbocycles. The van der Waals surface area contributed by atoms with E-state index >= 15 is 0 Å².